The van der Waals surface area contributed by atoms with Crippen LogP contribution in [-0.4, -0.2) is 20.1 Å². The number of hydrogen-bond acceptors (Lipinski definition) is 0. The maximum Gasteiger partial charge on any atom is 0.135 e. The fourth-order valence-corrected chi connectivity index (χ4v) is 2.86. The smallest absolute Gasteiger partial charge is 0.135 e. The van der Waals surface area contributed by atoms with Gasteiger partial charge >= 0.3 is 0 Å². The molecule has 82 valence electrons. The van der Waals surface area contributed by atoms with Crippen LogP contribution in [0.25, 0.3) is 0 Å². The van der Waals surface area contributed by atoms with Gasteiger partial charge in [-0.15, -0.1) is 0 Å². The summed E-state index contributed by atoms with van der Waals surface area (Å²) in [6.07, 6.45) is 4.17. The van der Waals surface area contributed by atoms with Crippen molar-refractivity contribution in [2.75, 3.05) is 20.1 Å². The number of likely N-dealkylation sites (tertiary alicyclic amines) is 1. The van der Waals surface area contributed by atoms with Crippen molar-refractivity contribution in [2.45, 2.75) is 33.1 Å². The van der Waals surface area contributed by atoms with Crippen molar-refractivity contribution in [3.63, 3.8) is 0 Å². The molecular formula is C14H22N+. The molecule has 1 fully saturated rings. The highest BCUT2D eigenvalue weighted by molar-refractivity contribution is 5.51. The Hall–Kier alpha value is -0.820. The van der Waals surface area contributed by atoms with E-state index in [1.54, 1.807) is 0 Å². The van der Waals surface area contributed by atoms with Crippen LogP contribution in [0.5, 0.6) is 0 Å². The van der Waals surface area contributed by atoms with Crippen molar-refractivity contribution in [3.8, 4) is 0 Å². The van der Waals surface area contributed by atoms with Crippen LogP contribution >= 0.6 is 0 Å². The molecule has 0 atom stereocenters. The molecule has 15 heavy (non-hydrogen) atoms. The predicted molar refractivity (Wildman–Crippen MR) is 67.2 cm³/mol. The quantitative estimate of drug-likeness (QED) is 0.615. The van der Waals surface area contributed by atoms with Gasteiger partial charge in [0.15, 0.2) is 0 Å². The molecule has 1 nitrogen and oxygen atoms in total. The Balaban J connectivity index is 2.35. The van der Waals surface area contributed by atoms with Crippen LogP contribution in [0, 0.1) is 13.8 Å². The molecule has 1 aromatic rings. The summed E-state index contributed by atoms with van der Waals surface area (Å²) < 4.78 is 1.14. The molecule has 1 heteroatoms. The first-order valence-electron chi connectivity index (χ1n) is 6.04. The average molecular weight is 204 g/mol. The van der Waals surface area contributed by atoms with Gasteiger partial charge in [0.2, 0.25) is 0 Å². The van der Waals surface area contributed by atoms with E-state index in [0.29, 0.717) is 0 Å². The lowest BCUT2D eigenvalue weighted by Gasteiger charge is -2.38. The summed E-state index contributed by atoms with van der Waals surface area (Å²) in [5.74, 6) is 0. The van der Waals surface area contributed by atoms with Crippen molar-refractivity contribution in [1.29, 1.82) is 0 Å². The molecule has 0 saturated carbocycles. The van der Waals surface area contributed by atoms with Gasteiger partial charge in [0.05, 0.1) is 20.1 Å². The highest BCUT2D eigenvalue weighted by Gasteiger charge is 2.28. The van der Waals surface area contributed by atoms with Gasteiger partial charge in [0.25, 0.3) is 0 Å². The first kappa shape index (κ1) is 10.7. The van der Waals surface area contributed by atoms with Gasteiger partial charge in [0, 0.05) is 5.56 Å². The monoisotopic (exact) mass is 204 g/mol. The maximum atomic E-state index is 2.39. The zero-order chi connectivity index (χ0) is 10.9. The molecular weight excluding hydrogens is 182 g/mol. The summed E-state index contributed by atoms with van der Waals surface area (Å²) in [6, 6.07) is 6.89. The van der Waals surface area contributed by atoms with Crippen molar-refractivity contribution in [2.24, 2.45) is 0 Å². The number of hydrogen-bond donors (Lipinski definition) is 0. The fraction of sp³-hybridized carbons (Fsp3) is 0.571. The molecule has 1 aliphatic rings. The van der Waals surface area contributed by atoms with E-state index in [-0.39, 0.29) is 0 Å². The SMILES string of the molecule is Cc1ccc([N+]2(C)CCCCC2)c(C)c1. The van der Waals surface area contributed by atoms with E-state index in [1.807, 2.05) is 0 Å². The molecule has 0 amide bonds. The van der Waals surface area contributed by atoms with Crippen LogP contribution < -0.4 is 4.48 Å². The van der Waals surface area contributed by atoms with Crippen molar-refractivity contribution < 1.29 is 0 Å². The summed E-state index contributed by atoms with van der Waals surface area (Å²) in [5.41, 5.74) is 4.36. The van der Waals surface area contributed by atoms with E-state index in [4.69, 9.17) is 0 Å². The van der Waals surface area contributed by atoms with Crippen LogP contribution in [0.3, 0.4) is 0 Å². The molecule has 1 aromatic carbocycles. The van der Waals surface area contributed by atoms with Crippen molar-refractivity contribution in [3.05, 3.63) is 29.3 Å². The second-order valence-corrected chi connectivity index (χ2v) is 5.19. The van der Waals surface area contributed by atoms with Gasteiger partial charge in [-0.1, -0.05) is 17.7 Å². The van der Waals surface area contributed by atoms with Gasteiger partial charge in [0.1, 0.15) is 5.69 Å². The Kier molecular flexibility index (Phi) is 2.83. The second kappa shape index (κ2) is 3.97. The number of quaternary nitrogens is 1. The summed E-state index contributed by atoms with van der Waals surface area (Å²) in [5, 5.41) is 0. The van der Waals surface area contributed by atoms with Gasteiger partial charge in [-0.2, -0.15) is 0 Å². The minimum absolute atomic E-state index is 1.14. The third-order valence-corrected chi connectivity index (χ3v) is 3.74. The second-order valence-electron chi connectivity index (χ2n) is 5.19. The highest BCUT2D eigenvalue weighted by atomic mass is 15.3. The maximum absolute atomic E-state index is 2.39. The summed E-state index contributed by atoms with van der Waals surface area (Å²) >= 11 is 0. The van der Waals surface area contributed by atoms with E-state index in [2.05, 4.69) is 39.1 Å². The molecule has 1 aliphatic heterocycles. The Morgan fingerprint density at radius 3 is 2.27 bits per heavy atom. The minimum atomic E-state index is 1.14. The minimum Gasteiger partial charge on any atom is -0.293 e. The molecule has 0 bridgehead atoms. The van der Waals surface area contributed by atoms with Gasteiger partial charge < -0.3 is 0 Å². The molecule has 0 spiro atoms. The topological polar surface area (TPSA) is 0 Å². The van der Waals surface area contributed by atoms with E-state index in [9.17, 15) is 0 Å². The number of benzene rings is 1. The van der Waals surface area contributed by atoms with Gasteiger partial charge in [-0.05, 0) is 39.2 Å². The van der Waals surface area contributed by atoms with Crippen molar-refractivity contribution >= 4 is 5.69 Å². The molecule has 0 radical (unpaired) electrons. The largest absolute Gasteiger partial charge is 0.293 e. The molecule has 0 aromatic heterocycles. The molecule has 0 unspecified atom stereocenters. The standard InChI is InChI=1S/C14H22N/c1-12-7-8-14(13(2)11-12)15(3)9-5-4-6-10-15/h7-8,11H,4-6,9-10H2,1-3H3/q+1. The Bertz CT molecular complexity index is 348. The zero-order valence-corrected chi connectivity index (χ0v) is 10.2. The van der Waals surface area contributed by atoms with E-state index >= 15 is 0 Å². The lowest BCUT2D eigenvalue weighted by atomic mass is 10.0. The van der Waals surface area contributed by atoms with Gasteiger partial charge in [-0.3, -0.25) is 4.48 Å². The van der Waals surface area contributed by atoms with Crippen LogP contribution in [0.15, 0.2) is 18.2 Å². The number of nitrogens with zero attached hydrogens (tertiary/aromatic N) is 1. The Morgan fingerprint density at radius 1 is 1.00 bits per heavy atom. The third-order valence-electron chi connectivity index (χ3n) is 3.74. The lowest BCUT2D eigenvalue weighted by molar-refractivity contribution is 0.273. The average Bonchev–Trinajstić information content (AvgIpc) is 2.18. The van der Waals surface area contributed by atoms with E-state index < -0.39 is 0 Å². The molecule has 1 heterocycles. The van der Waals surface area contributed by atoms with Crippen LogP contribution in [0.2, 0.25) is 0 Å². The molecule has 0 N–H and O–H groups in total. The highest BCUT2D eigenvalue weighted by Crippen LogP contribution is 2.29. The predicted octanol–water partition coefficient (Wildman–Crippen LogP) is 3.42. The van der Waals surface area contributed by atoms with Crippen LogP contribution in [-0.2, 0) is 0 Å². The van der Waals surface area contributed by atoms with E-state index in [0.717, 1.165) is 4.48 Å². The van der Waals surface area contributed by atoms with Crippen molar-refractivity contribution in [1.82, 2.24) is 4.48 Å². The number of aryl methyl sites for hydroxylation is 2. The Labute approximate surface area is 93.3 Å². The molecule has 1 saturated heterocycles. The number of rotatable bonds is 1. The van der Waals surface area contributed by atoms with E-state index in [1.165, 1.54) is 49.2 Å². The summed E-state index contributed by atoms with van der Waals surface area (Å²) in [6.45, 7) is 7.04. The van der Waals surface area contributed by atoms with Crippen LogP contribution in [0.1, 0.15) is 30.4 Å². The first-order valence-corrected chi connectivity index (χ1v) is 6.04. The number of piperidine rings is 1. The molecule has 2 rings (SSSR count). The molecule has 0 aliphatic carbocycles. The fourth-order valence-electron chi connectivity index (χ4n) is 2.86. The normalized spacial score (nSPS) is 20.2. The van der Waals surface area contributed by atoms with Crippen LogP contribution in [0.4, 0.5) is 5.69 Å². The Morgan fingerprint density at radius 2 is 1.67 bits per heavy atom. The summed E-state index contributed by atoms with van der Waals surface area (Å²) in [4.78, 5) is 0. The summed E-state index contributed by atoms with van der Waals surface area (Å²) in [7, 11) is 2.39. The van der Waals surface area contributed by atoms with Gasteiger partial charge in [-0.25, -0.2) is 0 Å². The third kappa shape index (κ3) is 2.07. The first-order chi connectivity index (χ1) is 7.12. The zero-order valence-electron chi connectivity index (χ0n) is 10.2. The lowest BCUT2D eigenvalue weighted by Crippen LogP contribution is -2.49.